The van der Waals surface area contributed by atoms with Crippen molar-refractivity contribution in [2.24, 2.45) is 0 Å². The van der Waals surface area contributed by atoms with Crippen LogP contribution in [-0.2, 0) is 6.54 Å². The topological polar surface area (TPSA) is 80.9 Å². The van der Waals surface area contributed by atoms with Gasteiger partial charge >= 0.3 is 0 Å². The summed E-state index contributed by atoms with van der Waals surface area (Å²) in [5.41, 5.74) is 3.87. The largest absolute Gasteiger partial charge is 0.506 e. The molecule has 0 aliphatic rings. The molecular formula is C25H18N4O2. The molecule has 5 aromatic rings. The number of hydrogen-bond donors (Lipinski definition) is 1. The summed E-state index contributed by atoms with van der Waals surface area (Å²) in [6.07, 6.45) is 8.11. The Morgan fingerprint density at radius 2 is 1.55 bits per heavy atom. The third-order valence-corrected chi connectivity index (χ3v) is 5.20. The first-order valence-electron chi connectivity index (χ1n) is 9.82. The summed E-state index contributed by atoms with van der Waals surface area (Å²) in [5, 5.41) is 11.2. The van der Waals surface area contributed by atoms with E-state index in [0.717, 1.165) is 11.1 Å². The fraction of sp³-hybridized carbons (Fsp3) is 0.0400. The van der Waals surface area contributed by atoms with Crippen LogP contribution in [0.3, 0.4) is 0 Å². The Kier molecular flexibility index (Phi) is 4.72. The second kappa shape index (κ2) is 7.84. The molecule has 0 radical (unpaired) electrons. The van der Waals surface area contributed by atoms with Crippen LogP contribution in [0.4, 0.5) is 0 Å². The molecule has 0 atom stereocenters. The highest BCUT2D eigenvalue weighted by atomic mass is 16.3. The number of benzene rings is 1. The predicted octanol–water partition coefficient (Wildman–Crippen LogP) is 4.27. The summed E-state index contributed by atoms with van der Waals surface area (Å²) in [5.74, 6) is 0.00888. The van der Waals surface area contributed by atoms with Gasteiger partial charge in [-0.1, -0.05) is 36.4 Å². The van der Waals surface area contributed by atoms with E-state index in [1.54, 1.807) is 41.5 Å². The van der Waals surface area contributed by atoms with E-state index in [4.69, 9.17) is 0 Å². The van der Waals surface area contributed by atoms with Crippen molar-refractivity contribution in [3.05, 3.63) is 108 Å². The van der Waals surface area contributed by atoms with Crippen molar-refractivity contribution in [3.63, 3.8) is 0 Å². The molecule has 0 fully saturated rings. The second-order valence-electron chi connectivity index (χ2n) is 7.17. The molecule has 0 amide bonds. The molecule has 5 rings (SSSR count). The van der Waals surface area contributed by atoms with E-state index in [0.29, 0.717) is 34.3 Å². The second-order valence-corrected chi connectivity index (χ2v) is 7.17. The van der Waals surface area contributed by atoms with E-state index in [9.17, 15) is 9.90 Å². The van der Waals surface area contributed by atoms with Crippen LogP contribution >= 0.6 is 0 Å². The first-order valence-corrected chi connectivity index (χ1v) is 9.82. The lowest BCUT2D eigenvalue weighted by atomic mass is 10.0. The molecule has 1 N–H and O–H groups in total. The van der Waals surface area contributed by atoms with Gasteiger partial charge in [0.25, 0.3) is 5.56 Å². The molecule has 0 bridgehead atoms. The number of aromatic hydroxyl groups is 1. The van der Waals surface area contributed by atoms with Crippen LogP contribution in [0, 0.1) is 0 Å². The molecular weight excluding hydrogens is 388 g/mol. The average molecular weight is 406 g/mol. The highest BCUT2D eigenvalue weighted by Gasteiger charge is 2.18. The summed E-state index contributed by atoms with van der Waals surface area (Å²) in [4.78, 5) is 26.5. The van der Waals surface area contributed by atoms with E-state index in [1.165, 1.54) is 6.20 Å². The van der Waals surface area contributed by atoms with Gasteiger partial charge in [0, 0.05) is 46.9 Å². The highest BCUT2D eigenvalue weighted by Crippen LogP contribution is 2.33. The van der Waals surface area contributed by atoms with Crippen molar-refractivity contribution in [2.45, 2.75) is 6.54 Å². The third kappa shape index (κ3) is 3.44. The number of fused-ring (bicyclic) bond motifs is 1. The molecule has 0 aliphatic carbocycles. The van der Waals surface area contributed by atoms with Gasteiger partial charge in [-0.15, -0.1) is 0 Å². The van der Waals surface area contributed by atoms with Gasteiger partial charge in [-0.3, -0.25) is 19.7 Å². The number of pyridine rings is 4. The maximum atomic E-state index is 13.7. The van der Waals surface area contributed by atoms with E-state index in [1.807, 2.05) is 48.5 Å². The lowest BCUT2D eigenvalue weighted by molar-refractivity contribution is 0.479. The minimum atomic E-state index is -0.179. The van der Waals surface area contributed by atoms with Crippen LogP contribution < -0.4 is 5.56 Å². The molecule has 1 aromatic carbocycles. The van der Waals surface area contributed by atoms with Gasteiger partial charge in [-0.25, -0.2) is 0 Å². The van der Waals surface area contributed by atoms with Gasteiger partial charge in [-0.05, 0) is 29.8 Å². The Labute approximate surface area is 178 Å². The SMILES string of the molecule is O=c1c(-c2cccnc2)cc2c(O)cnc(-c3cccnc3)c2n1Cc1ccccc1. The Hall–Kier alpha value is -4.32. The first-order chi connectivity index (χ1) is 15.2. The van der Waals surface area contributed by atoms with E-state index in [-0.39, 0.29) is 11.3 Å². The molecule has 4 aromatic heterocycles. The van der Waals surface area contributed by atoms with Gasteiger partial charge in [-0.2, -0.15) is 0 Å². The quantitative estimate of drug-likeness (QED) is 0.482. The lowest BCUT2D eigenvalue weighted by Crippen LogP contribution is -2.23. The predicted molar refractivity (Wildman–Crippen MR) is 120 cm³/mol. The van der Waals surface area contributed by atoms with E-state index in [2.05, 4.69) is 15.0 Å². The number of nitrogens with zero attached hydrogens (tertiary/aromatic N) is 4. The summed E-state index contributed by atoms with van der Waals surface area (Å²) >= 11 is 0. The fourth-order valence-electron chi connectivity index (χ4n) is 3.73. The van der Waals surface area contributed by atoms with E-state index >= 15 is 0 Å². The van der Waals surface area contributed by atoms with Crippen molar-refractivity contribution < 1.29 is 5.11 Å². The van der Waals surface area contributed by atoms with Crippen LogP contribution in [0.1, 0.15) is 5.56 Å². The fourth-order valence-corrected chi connectivity index (χ4v) is 3.73. The molecule has 0 saturated carbocycles. The van der Waals surface area contributed by atoms with Gasteiger partial charge in [0.05, 0.1) is 24.0 Å². The van der Waals surface area contributed by atoms with Gasteiger partial charge in [0.15, 0.2) is 0 Å². The highest BCUT2D eigenvalue weighted by molar-refractivity contribution is 5.97. The normalized spacial score (nSPS) is 11.0. The van der Waals surface area contributed by atoms with Crippen LogP contribution in [0.15, 0.2) is 96.4 Å². The number of aromatic nitrogens is 4. The van der Waals surface area contributed by atoms with Crippen molar-refractivity contribution in [1.82, 2.24) is 19.5 Å². The summed E-state index contributed by atoms with van der Waals surface area (Å²) < 4.78 is 1.67. The Morgan fingerprint density at radius 3 is 2.23 bits per heavy atom. The van der Waals surface area contributed by atoms with Crippen LogP contribution in [0.25, 0.3) is 33.3 Å². The van der Waals surface area contributed by atoms with Crippen molar-refractivity contribution in [2.75, 3.05) is 0 Å². The van der Waals surface area contributed by atoms with Crippen molar-refractivity contribution in [1.29, 1.82) is 0 Å². The maximum absolute atomic E-state index is 13.7. The molecule has 4 heterocycles. The zero-order valence-electron chi connectivity index (χ0n) is 16.5. The molecule has 6 heteroatoms. The van der Waals surface area contributed by atoms with Crippen molar-refractivity contribution >= 4 is 10.9 Å². The van der Waals surface area contributed by atoms with E-state index < -0.39 is 0 Å². The minimum Gasteiger partial charge on any atom is -0.506 e. The zero-order valence-corrected chi connectivity index (χ0v) is 16.5. The lowest BCUT2D eigenvalue weighted by Gasteiger charge is -2.17. The molecule has 6 nitrogen and oxygen atoms in total. The summed E-state index contributed by atoms with van der Waals surface area (Å²) in [6.45, 7) is 0.336. The summed E-state index contributed by atoms with van der Waals surface area (Å²) in [6, 6.07) is 18.8. The molecule has 0 spiro atoms. The molecule has 31 heavy (non-hydrogen) atoms. The molecule has 0 saturated heterocycles. The number of hydrogen-bond acceptors (Lipinski definition) is 5. The maximum Gasteiger partial charge on any atom is 0.259 e. The third-order valence-electron chi connectivity index (χ3n) is 5.20. The van der Waals surface area contributed by atoms with Gasteiger partial charge in [0.1, 0.15) is 5.75 Å². The van der Waals surface area contributed by atoms with Gasteiger partial charge < -0.3 is 9.67 Å². The smallest absolute Gasteiger partial charge is 0.259 e. The average Bonchev–Trinajstić information content (AvgIpc) is 2.83. The first kappa shape index (κ1) is 18.7. The minimum absolute atomic E-state index is 0.00888. The molecule has 0 unspecified atom stereocenters. The Morgan fingerprint density at radius 1 is 0.839 bits per heavy atom. The van der Waals surface area contributed by atoms with Crippen LogP contribution in [-0.4, -0.2) is 24.6 Å². The molecule has 0 aliphatic heterocycles. The molecule has 150 valence electrons. The summed E-state index contributed by atoms with van der Waals surface area (Å²) in [7, 11) is 0. The van der Waals surface area contributed by atoms with Gasteiger partial charge in [0.2, 0.25) is 0 Å². The van der Waals surface area contributed by atoms with Crippen molar-refractivity contribution in [3.8, 4) is 28.1 Å². The standard InChI is InChI=1S/C25H18N4O2/c30-22-15-28-23(19-9-5-11-27-14-19)24-21(22)12-20(18-8-4-10-26-13-18)25(31)29(24)16-17-6-2-1-3-7-17/h1-15,30H,16H2. The Balaban J connectivity index is 1.88. The van der Waals surface area contributed by atoms with Crippen LogP contribution in [0.5, 0.6) is 5.75 Å². The zero-order chi connectivity index (χ0) is 21.2. The number of rotatable bonds is 4. The van der Waals surface area contributed by atoms with Crippen LogP contribution in [0.2, 0.25) is 0 Å². The monoisotopic (exact) mass is 406 g/mol. The Bertz CT molecular complexity index is 1420.